The standard InChI is InChI=1S/C11H7N3O2S/c15-10(8-2-1-4-16-8)14-9-7-3-5-17-11(7)13-6-12-9/h1-6H,(H,12,13,14,15). The highest BCUT2D eigenvalue weighted by atomic mass is 32.1. The van der Waals surface area contributed by atoms with Gasteiger partial charge in [0.1, 0.15) is 17.0 Å². The van der Waals surface area contributed by atoms with Crippen molar-refractivity contribution < 1.29 is 9.21 Å². The molecule has 0 spiro atoms. The van der Waals surface area contributed by atoms with E-state index in [4.69, 9.17) is 4.42 Å². The van der Waals surface area contributed by atoms with Gasteiger partial charge in [0.15, 0.2) is 5.76 Å². The molecule has 0 fully saturated rings. The van der Waals surface area contributed by atoms with Crippen LogP contribution in [-0.2, 0) is 0 Å². The van der Waals surface area contributed by atoms with Crippen LogP contribution >= 0.6 is 11.3 Å². The largest absolute Gasteiger partial charge is 0.459 e. The lowest BCUT2D eigenvalue weighted by Crippen LogP contribution is -2.12. The maximum absolute atomic E-state index is 11.8. The van der Waals surface area contributed by atoms with Crippen molar-refractivity contribution in [1.82, 2.24) is 9.97 Å². The molecule has 1 N–H and O–H groups in total. The molecule has 0 aliphatic carbocycles. The molecule has 0 saturated carbocycles. The molecule has 3 aromatic rings. The summed E-state index contributed by atoms with van der Waals surface area (Å²) in [6.07, 6.45) is 2.88. The number of rotatable bonds is 2. The molecule has 0 aromatic carbocycles. The van der Waals surface area contributed by atoms with Crippen LogP contribution in [0, 0.1) is 0 Å². The molecule has 3 rings (SSSR count). The summed E-state index contributed by atoms with van der Waals surface area (Å²) >= 11 is 1.50. The van der Waals surface area contributed by atoms with E-state index in [9.17, 15) is 4.79 Å². The fourth-order valence-corrected chi connectivity index (χ4v) is 2.20. The van der Waals surface area contributed by atoms with Gasteiger partial charge in [0.05, 0.1) is 11.6 Å². The smallest absolute Gasteiger partial charge is 0.292 e. The van der Waals surface area contributed by atoms with Crippen molar-refractivity contribution in [2.24, 2.45) is 0 Å². The van der Waals surface area contributed by atoms with Gasteiger partial charge in [-0.25, -0.2) is 9.97 Å². The van der Waals surface area contributed by atoms with E-state index in [1.807, 2.05) is 11.4 Å². The number of fused-ring (bicyclic) bond motifs is 1. The predicted octanol–water partition coefficient (Wildman–Crippen LogP) is 2.54. The number of furan rings is 1. The molecule has 84 valence electrons. The van der Waals surface area contributed by atoms with Crippen LogP contribution in [0.25, 0.3) is 10.2 Å². The second-order valence-electron chi connectivity index (χ2n) is 3.29. The van der Waals surface area contributed by atoms with Gasteiger partial charge >= 0.3 is 0 Å². The SMILES string of the molecule is O=C(Nc1ncnc2sccc12)c1ccco1. The summed E-state index contributed by atoms with van der Waals surface area (Å²) in [4.78, 5) is 20.8. The average Bonchev–Trinajstić information content (AvgIpc) is 3.00. The number of hydrogen-bond acceptors (Lipinski definition) is 5. The van der Waals surface area contributed by atoms with Gasteiger partial charge in [0.2, 0.25) is 0 Å². The topological polar surface area (TPSA) is 68.0 Å². The lowest BCUT2D eigenvalue weighted by Gasteiger charge is -2.02. The second kappa shape index (κ2) is 3.99. The first kappa shape index (κ1) is 9.98. The molecule has 17 heavy (non-hydrogen) atoms. The Morgan fingerprint density at radius 2 is 2.29 bits per heavy atom. The van der Waals surface area contributed by atoms with Gasteiger partial charge < -0.3 is 9.73 Å². The third-order valence-electron chi connectivity index (χ3n) is 2.24. The second-order valence-corrected chi connectivity index (χ2v) is 4.19. The molecule has 0 radical (unpaired) electrons. The summed E-state index contributed by atoms with van der Waals surface area (Å²) in [5.41, 5.74) is 0. The summed E-state index contributed by atoms with van der Waals surface area (Å²) in [6.45, 7) is 0. The zero-order chi connectivity index (χ0) is 11.7. The molecular formula is C11H7N3O2S. The highest BCUT2D eigenvalue weighted by Gasteiger charge is 2.12. The fourth-order valence-electron chi connectivity index (χ4n) is 1.47. The van der Waals surface area contributed by atoms with Gasteiger partial charge in [-0.3, -0.25) is 4.79 Å². The van der Waals surface area contributed by atoms with Crippen LogP contribution in [0.5, 0.6) is 0 Å². The molecule has 6 heteroatoms. The Morgan fingerprint density at radius 3 is 3.12 bits per heavy atom. The third kappa shape index (κ3) is 1.78. The van der Waals surface area contributed by atoms with E-state index >= 15 is 0 Å². The van der Waals surface area contributed by atoms with E-state index in [0.717, 1.165) is 10.2 Å². The van der Waals surface area contributed by atoms with Crippen molar-refractivity contribution in [2.75, 3.05) is 5.32 Å². The van der Waals surface area contributed by atoms with Crippen LogP contribution in [0.4, 0.5) is 5.82 Å². The number of anilines is 1. The van der Waals surface area contributed by atoms with Gasteiger partial charge in [-0.2, -0.15) is 0 Å². The highest BCUT2D eigenvalue weighted by Crippen LogP contribution is 2.23. The third-order valence-corrected chi connectivity index (χ3v) is 3.06. The van der Waals surface area contributed by atoms with Crippen LogP contribution in [0.1, 0.15) is 10.6 Å². The van der Waals surface area contributed by atoms with Gasteiger partial charge in [-0.15, -0.1) is 11.3 Å². The first-order valence-corrected chi connectivity index (χ1v) is 5.75. The van der Waals surface area contributed by atoms with E-state index < -0.39 is 0 Å². The van der Waals surface area contributed by atoms with Crippen LogP contribution in [0.2, 0.25) is 0 Å². The number of hydrogen-bond donors (Lipinski definition) is 1. The van der Waals surface area contributed by atoms with Gasteiger partial charge in [0, 0.05) is 0 Å². The quantitative estimate of drug-likeness (QED) is 0.753. The maximum atomic E-state index is 11.8. The molecule has 0 bridgehead atoms. The normalized spacial score (nSPS) is 10.6. The molecule has 1 amide bonds. The molecular weight excluding hydrogens is 238 g/mol. The van der Waals surface area contributed by atoms with Gasteiger partial charge in [0.25, 0.3) is 5.91 Å². The van der Waals surface area contributed by atoms with E-state index in [2.05, 4.69) is 15.3 Å². The Bertz CT molecular complexity index is 660. The summed E-state index contributed by atoms with van der Waals surface area (Å²) in [5, 5.41) is 5.43. The summed E-state index contributed by atoms with van der Waals surface area (Å²) < 4.78 is 5.01. The Morgan fingerprint density at radius 1 is 1.35 bits per heavy atom. The zero-order valence-electron chi connectivity index (χ0n) is 8.58. The Labute approximate surface area is 100 Å². The molecule has 3 aromatic heterocycles. The first-order chi connectivity index (χ1) is 8.34. The van der Waals surface area contributed by atoms with Crippen molar-refractivity contribution in [3.05, 3.63) is 41.9 Å². The highest BCUT2D eigenvalue weighted by molar-refractivity contribution is 7.16. The monoisotopic (exact) mass is 245 g/mol. The van der Waals surface area contributed by atoms with Crippen molar-refractivity contribution in [3.8, 4) is 0 Å². The van der Waals surface area contributed by atoms with Crippen LogP contribution in [0.3, 0.4) is 0 Å². The van der Waals surface area contributed by atoms with Crippen molar-refractivity contribution in [2.45, 2.75) is 0 Å². The molecule has 5 nitrogen and oxygen atoms in total. The molecule has 0 saturated heterocycles. The number of nitrogens with one attached hydrogen (secondary N) is 1. The van der Waals surface area contributed by atoms with Gasteiger partial charge in [-0.05, 0) is 23.6 Å². The minimum atomic E-state index is -0.318. The lowest BCUT2D eigenvalue weighted by molar-refractivity contribution is 0.0996. The number of aromatic nitrogens is 2. The van der Waals surface area contributed by atoms with E-state index in [1.54, 1.807) is 12.1 Å². The summed E-state index contributed by atoms with van der Waals surface area (Å²) in [5.74, 6) is 0.436. The minimum Gasteiger partial charge on any atom is -0.459 e. The summed E-state index contributed by atoms with van der Waals surface area (Å²) in [7, 11) is 0. The summed E-state index contributed by atoms with van der Waals surface area (Å²) in [6, 6.07) is 5.13. The Balaban J connectivity index is 1.95. The molecule has 0 aliphatic rings. The number of thiophene rings is 1. The van der Waals surface area contributed by atoms with Gasteiger partial charge in [-0.1, -0.05) is 0 Å². The Kier molecular flexibility index (Phi) is 2.34. The molecule has 3 heterocycles. The number of amides is 1. The first-order valence-electron chi connectivity index (χ1n) is 4.87. The van der Waals surface area contributed by atoms with Crippen LogP contribution < -0.4 is 5.32 Å². The molecule has 0 atom stereocenters. The van der Waals surface area contributed by atoms with E-state index in [1.165, 1.54) is 23.9 Å². The number of carbonyl (C=O) groups is 1. The minimum absolute atomic E-state index is 0.256. The number of nitrogens with zero attached hydrogens (tertiary/aromatic N) is 2. The van der Waals surface area contributed by atoms with E-state index in [-0.39, 0.29) is 11.7 Å². The predicted molar refractivity (Wildman–Crippen MR) is 64.1 cm³/mol. The lowest BCUT2D eigenvalue weighted by atomic mass is 10.3. The zero-order valence-corrected chi connectivity index (χ0v) is 9.40. The van der Waals surface area contributed by atoms with Crippen molar-refractivity contribution in [3.63, 3.8) is 0 Å². The van der Waals surface area contributed by atoms with Crippen LogP contribution in [-0.4, -0.2) is 15.9 Å². The van der Waals surface area contributed by atoms with Crippen molar-refractivity contribution >= 4 is 33.3 Å². The fraction of sp³-hybridized carbons (Fsp3) is 0. The Hall–Kier alpha value is -2.21. The maximum Gasteiger partial charge on any atom is 0.292 e. The van der Waals surface area contributed by atoms with Crippen molar-refractivity contribution in [1.29, 1.82) is 0 Å². The van der Waals surface area contributed by atoms with E-state index in [0.29, 0.717) is 5.82 Å². The average molecular weight is 245 g/mol. The molecule has 0 aliphatic heterocycles. The molecule has 0 unspecified atom stereocenters. The number of carbonyl (C=O) groups excluding carboxylic acids is 1. The van der Waals surface area contributed by atoms with Crippen LogP contribution in [0.15, 0.2) is 40.6 Å².